The maximum absolute atomic E-state index is 4.39. The van der Waals surface area contributed by atoms with Crippen molar-refractivity contribution >= 4 is 5.96 Å². The zero-order chi connectivity index (χ0) is 15.6. The summed E-state index contributed by atoms with van der Waals surface area (Å²) < 4.78 is 0. The monoisotopic (exact) mass is 302 g/mol. The van der Waals surface area contributed by atoms with Gasteiger partial charge in [-0.05, 0) is 30.9 Å². The summed E-state index contributed by atoms with van der Waals surface area (Å²) in [6.07, 6.45) is 11.6. The van der Waals surface area contributed by atoms with Gasteiger partial charge in [0.1, 0.15) is 0 Å². The number of nitrogens with zero attached hydrogens (tertiary/aromatic N) is 2. The lowest BCUT2D eigenvalue weighted by Gasteiger charge is -2.13. The fraction of sp³-hybridized carbons (Fsp3) is 0.667. The van der Waals surface area contributed by atoms with Gasteiger partial charge in [-0.25, -0.2) is 0 Å². The van der Waals surface area contributed by atoms with Crippen molar-refractivity contribution in [1.82, 2.24) is 15.6 Å². The van der Waals surface area contributed by atoms with Crippen LogP contribution in [0.1, 0.15) is 56.2 Å². The van der Waals surface area contributed by atoms with E-state index in [-0.39, 0.29) is 0 Å². The van der Waals surface area contributed by atoms with Crippen molar-refractivity contribution in [3.8, 4) is 0 Å². The molecule has 0 unspecified atom stereocenters. The number of unbranched alkanes of at least 4 members (excludes halogenated alkanes) is 1. The first-order valence-electron chi connectivity index (χ1n) is 8.64. The Morgan fingerprint density at radius 2 is 2.09 bits per heavy atom. The minimum Gasteiger partial charge on any atom is -0.356 e. The van der Waals surface area contributed by atoms with Crippen LogP contribution >= 0.6 is 0 Å². The fourth-order valence-electron chi connectivity index (χ4n) is 3.16. The van der Waals surface area contributed by atoms with Gasteiger partial charge in [0, 0.05) is 19.8 Å². The van der Waals surface area contributed by atoms with Gasteiger partial charge >= 0.3 is 0 Å². The zero-order valence-corrected chi connectivity index (χ0v) is 14.1. The Hall–Kier alpha value is -1.58. The molecule has 122 valence electrons. The summed E-state index contributed by atoms with van der Waals surface area (Å²) in [4.78, 5) is 8.67. The topological polar surface area (TPSA) is 49.3 Å². The van der Waals surface area contributed by atoms with Gasteiger partial charge in [0.2, 0.25) is 0 Å². The lowest BCUT2D eigenvalue weighted by molar-refractivity contribution is 0.472. The molecule has 0 radical (unpaired) electrons. The van der Waals surface area contributed by atoms with E-state index in [1.54, 1.807) is 0 Å². The first-order valence-corrected chi connectivity index (χ1v) is 8.64. The first-order chi connectivity index (χ1) is 10.8. The number of nitrogens with one attached hydrogen (secondary N) is 2. The molecule has 22 heavy (non-hydrogen) atoms. The predicted octanol–water partition coefficient (Wildman–Crippen LogP) is 3.42. The van der Waals surface area contributed by atoms with E-state index in [0.717, 1.165) is 24.1 Å². The lowest BCUT2D eigenvalue weighted by Crippen LogP contribution is -2.37. The molecule has 1 aromatic heterocycles. The van der Waals surface area contributed by atoms with Crippen LogP contribution in [-0.4, -0.2) is 24.5 Å². The molecule has 4 nitrogen and oxygen atoms in total. The van der Waals surface area contributed by atoms with Crippen LogP contribution in [0.15, 0.2) is 23.3 Å². The standard InChI is InChI=1S/C18H30N4/c1-15-8-7-13-20-17(15)14-22-18(19-2)21-12-6-5-11-16-9-3-4-10-16/h7-8,13,16H,3-6,9-12,14H2,1-2H3,(H2,19,21,22). The molecule has 0 atom stereocenters. The summed E-state index contributed by atoms with van der Waals surface area (Å²) in [6.45, 7) is 3.80. The van der Waals surface area contributed by atoms with Crippen molar-refractivity contribution in [3.63, 3.8) is 0 Å². The summed E-state index contributed by atoms with van der Waals surface area (Å²) in [5.41, 5.74) is 2.29. The van der Waals surface area contributed by atoms with E-state index in [0.29, 0.717) is 6.54 Å². The van der Waals surface area contributed by atoms with E-state index in [1.165, 1.54) is 50.5 Å². The highest BCUT2D eigenvalue weighted by atomic mass is 15.2. The molecule has 2 N–H and O–H groups in total. The van der Waals surface area contributed by atoms with Gasteiger partial charge in [0.25, 0.3) is 0 Å². The summed E-state index contributed by atoms with van der Waals surface area (Å²) >= 11 is 0. The first kappa shape index (κ1) is 16.8. The molecule has 1 saturated carbocycles. The Morgan fingerprint density at radius 3 is 2.82 bits per heavy atom. The average molecular weight is 302 g/mol. The van der Waals surface area contributed by atoms with Crippen molar-refractivity contribution in [3.05, 3.63) is 29.6 Å². The number of rotatable bonds is 7. The van der Waals surface area contributed by atoms with Crippen molar-refractivity contribution < 1.29 is 0 Å². The highest BCUT2D eigenvalue weighted by Gasteiger charge is 2.13. The molecular weight excluding hydrogens is 272 g/mol. The van der Waals surface area contributed by atoms with Gasteiger partial charge in [-0.15, -0.1) is 0 Å². The van der Waals surface area contributed by atoms with Crippen LogP contribution in [0.25, 0.3) is 0 Å². The quantitative estimate of drug-likeness (QED) is 0.461. The van der Waals surface area contributed by atoms with Crippen LogP contribution in [-0.2, 0) is 6.54 Å². The summed E-state index contributed by atoms with van der Waals surface area (Å²) in [6, 6.07) is 4.06. The normalized spacial score (nSPS) is 16.0. The third kappa shape index (κ3) is 5.66. The Kier molecular flexibility index (Phi) is 7.20. The van der Waals surface area contributed by atoms with Crippen molar-refractivity contribution in [2.24, 2.45) is 10.9 Å². The van der Waals surface area contributed by atoms with E-state index in [1.807, 2.05) is 19.3 Å². The van der Waals surface area contributed by atoms with Gasteiger partial charge in [-0.2, -0.15) is 0 Å². The number of aliphatic imine (C=N–C) groups is 1. The molecule has 2 rings (SSSR count). The molecule has 1 aromatic rings. The second kappa shape index (κ2) is 9.44. The molecular formula is C18H30N4. The lowest BCUT2D eigenvalue weighted by atomic mass is 10.0. The number of pyridine rings is 1. The van der Waals surface area contributed by atoms with Crippen molar-refractivity contribution in [1.29, 1.82) is 0 Å². The second-order valence-corrected chi connectivity index (χ2v) is 6.27. The minimum atomic E-state index is 0.717. The third-order valence-corrected chi connectivity index (χ3v) is 4.57. The molecule has 1 aliphatic rings. The number of aromatic nitrogens is 1. The van der Waals surface area contributed by atoms with Gasteiger partial charge in [-0.3, -0.25) is 9.98 Å². The van der Waals surface area contributed by atoms with E-state index in [4.69, 9.17) is 0 Å². The fourth-order valence-corrected chi connectivity index (χ4v) is 3.16. The number of guanidine groups is 1. The largest absolute Gasteiger partial charge is 0.356 e. The van der Waals surface area contributed by atoms with Gasteiger partial charge in [0.15, 0.2) is 5.96 Å². The van der Waals surface area contributed by atoms with E-state index in [9.17, 15) is 0 Å². The van der Waals surface area contributed by atoms with Gasteiger partial charge in [0.05, 0.1) is 12.2 Å². The predicted molar refractivity (Wildman–Crippen MR) is 93.0 cm³/mol. The van der Waals surface area contributed by atoms with Gasteiger partial charge in [-0.1, -0.05) is 44.6 Å². The van der Waals surface area contributed by atoms with Crippen LogP contribution < -0.4 is 10.6 Å². The van der Waals surface area contributed by atoms with Crippen LogP contribution in [0.3, 0.4) is 0 Å². The highest BCUT2D eigenvalue weighted by molar-refractivity contribution is 5.79. The molecule has 4 heteroatoms. The maximum atomic E-state index is 4.39. The molecule has 0 bridgehead atoms. The second-order valence-electron chi connectivity index (χ2n) is 6.27. The molecule has 1 aliphatic carbocycles. The van der Waals surface area contributed by atoms with Crippen LogP contribution in [0.5, 0.6) is 0 Å². The SMILES string of the molecule is CN=C(NCCCCC1CCCC1)NCc1ncccc1C. The van der Waals surface area contributed by atoms with Crippen LogP contribution in [0, 0.1) is 12.8 Å². The van der Waals surface area contributed by atoms with E-state index >= 15 is 0 Å². The molecule has 0 saturated heterocycles. The smallest absolute Gasteiger partial charge is 0.191 e. The van der Waals surface area contributed by atoms with E-state index < -0.39 is 0 Å². The highest BCUT2D eigenvalue weighted by Crippen LogP contribution is 2.28. The van der Waals surface area contributed by atoms with Crippen molar-refractivity contribution in [2.75, 3.05) is 13.6 Å². The van der Waals surface area contributed by atoms with Crippen LogP contribution in [0.4, 0.5) is 0 Å². The Morgan fingerprint density at radius 1 is 1.27 bits per heavy atom. The molecule has 1 heterocycles. The average Bonchev–Trinajstić information content (AvgIpc) is 3.05. The molecule has 0 amide bonds. The Labute approximate surface area is 134 Å². The van der Waals surface area contributed by atoms with Gasteiger partial charge < -0.3 is 10.6 Å². The Balaban J connectivity index is 1.60. The van der Waals surface area contributed by atoms with Crippen molar-refractivity contribution in [2.45, 2.75) is 58.4 Å². The maximum Gasteiger partial charge on any atom is 0.191 e. The number of aryl methyl sites for hydroxylation is 1. The Bertz CT molecular complexity index is 464. The van der Waals surface area contributed by atoms with E-state index in [2.05, 4.69) is 33.6 Å². The number of hydrogen-bond acceptors (Lipinski definition) is 2. The molecule has 0 aliphatic heterocycles. The summed E-state index contributed by atoms with van der Waals surface area (Å²) in [5, 5.41) is 6.73. The summed E-state index contributed by atoms with van der Waals surface area (Å²) in [7, 11) is 1.82. The number of hydrogen-bond donors (Lipinski definition) is 2. The third-order valence-electron chi connectivity index (χ3n) is 4.57. The molecule has 1 fully saturated rings. The molecule has 0 spiro atoms. The summed E-state index contributed by atoms with van der Waals surface area (Å²) in [5.74, 6) is 1.87. The molecule has 0 aromatic carbocycles. The van der Waals surface area contributed by atoms with Crippen LogP contribution in [0.2, 0.25) is 0 Å². The zero-order valence-electron chi connectivity index (χ0n) is 14.1. The minimum absolute atomic E-state index is 0.717.